The number of aromatic nitrogens is 1. The summed E-state index contributed by atoms with van der Waals surface area (Å²) in [4.78, 5) is 5.22. The largest absolute Gasteiger partial charge is 0.244 e. The summed E-state index contributed by atoms with van der Waals surface area (Å²) in [6.07, 6.45) is 3.36. The van der Waals surface area contributed by atoms with Crippen LogP contribution in [0.15, 0.2) is 34.9 Å². The average molecular weight is 327 g/mol. The third kappa shape index (κ3) is 3.98. The maximum atomic E-state index is 11.8. The van der Waals surface area contributed by atoms with E-state index in [1.165, 1.54) is 11.3 Å². The van der Waals surface area contributed by atoms with Crippen LogP contribution in [0, 0.1) is 0 Å². The van der Waals surface area contributed by atoms with Gasteiger partial charge in [-0.1, -0.05) is 23.7 Å². The van der Waals surface area contributed by atoms with Crippen LogP contribution in [-0.4, -0.2) is 20.2 Å². The minimum Gasteiger partial charge on any atom is -0.244 e. The molecule has 0 aliphatic rings. The molecule has 0 fully saturated rings. The number of halogens is 1. The monoisotopic (exact) mass is 326 g/mol. The van der Waals surface area contributed by atoms with Gasteiger partial charge in [0.25, 0.3) is 0 Å². The average Bonchev–Trinajstić information content (AvgIpc) is 2.84. The molecule has 0 aliphatic carbocycles. The summed E-state index contributed by atoms with van der Waals surface area (Å²) in [6, 6.07) is 7.52. The van der Waals surface area contributed by atoms with Crippen molar-refractivity contribution in [2.24, 2.45) is 4.40 Å². The molecular formula is C14H15ClN2OS2. The third-order valence-electron chi connectivity index (χ3n) is 2.41. The Kier molecular flexibility index (Phi) is 4.73. The van der Waals surface area contributed by atoms with Crippen molar-refractivity contribution in [1.82, 2.24) is 4.98 Å². The fraction of sp³-hybridized carbons (Fsp3) is 0.286. The molecule has 2 rings (SSSR count). The van der Waals surface area contributed by atoms with Gasteiger partial charge in [0.2, 0.25) is 0 Å². The molecule has 106 valence electrons. The normalized spacial score (nSPS) is 13.8. The van der Waals surface area contributed by atoms with E-state index in [1.54, 1.807) is 12.4 Å². The zero-order valence-electron chi connectivity index (χ0n) is 11.5. The Morgan fingerprint density at radius 1 is 1.30 bits per heavy atom. The van der Waals surface area contributed by atoms with Crippen molar-refractivity contribution < 1.29 is 4.21 Å². The van der Waals surface area contributed by atoms with E-state index in [0.717, 1.165) is 15.4 Å². The van der Waals surface area contributed by atoms with Crippen LogP contribution < -0.4 is 0 Å². The number of nitrogens with zero attached hydrogens (tertiary/aromatic N) is 2. The molecular weight excluding hydrogens is 312 g/mol. The molecule has 20 heavy (non-hydrogen) atoms. The summed E-state index contributed by atoms with van der Waals surface area (Å²) < 4.78 is 15.6. The number of hydrogen-bond acceptors (Lipinski definition) is 3. The first-order chi connectivity index (χ1) is 9.36. The highest BCUT2D eigenvalue weighted by Gasteiger charge is 2.18. The summed E-state index contributed by atoms with van der Waals surface area (Å²) in [6.45, 7) is 5.69. The Bertz CT molecular complexity index is 642. The van der Waals surface area contributed by atoms with Gasteiger partial charge in [0, 0.05) is 16.8 Å². The Morgan fingerprint density at radius 3 is 2.55 bits per heavy atom. The highest BCUT2D eigenvalue weighted by molar-refractivity contribution is 7.85. The number of rotatable bonds is 3. The summed E-state index contributed by atoms with van der Waals surface area (Å²) in [7, 11) is -1.25. The van der Waals surface area contributed by atoms with E-state index >= 15 is 0 Å². The van der Waals surface area contributed by atoms with Crippen LogP contribution in [0.1, 0.15) is 25.6 Å². The first-order valence-corrected chi connectivity index (χ1v) is 8.34. The Labute approximate surface area is 130 Å². The minimum absolute atomic E-state index is 0.347. The van der Waals surface area contributed by atoms with Crippen molar-refractivity contribution in [2.75, 3.05) is 0 Å². The van der Waals surface area contributed by atoms with Crippen molar-refractivity contribution >= 4 is 40.1 Å². The summed E-state index contributed by atoms with van der Waals surface area (Å²) in [5, 5.41) is 1.59. The van der Waals surface area contributed by atoms with Gasteiger partial charge in [-0.3, -0.25) is 0 Å². The van der Waals surface area contributed by atoms with Gasteiger partial charge in [0.15, 0.2) is 0 Å². The first kappa shape index (κ1) is 15.4. The second-order valence-corrected chi connectivity index (χ2v) is 8.60. The zero-order valence-corrected chi connectivity index (χ0v) is 13.9. The molecule has 1 atom stereocenters. The third-order valence-corrected chi connectivity index (χ3v) is 4.99. The topological polar surface area (TPSA) is 42.3 Å². The fourth-order valence-electron chi connectivity index (χ4n) is 1.33. The molecule has 0 saturated carbocycles. The van der Waals surface area contributed by atoms with Crippen LogP contribution in [0.25, 0.3) is 10.6 Å². The summed E-state index contributed by atoms with van der Waals surface area (Å²) >= 11 is 7.37. The van der Waals surface area contributed by atoms with E-state index in [-0.39, 0.29) is 4.75 Å². The lowest BCUT2D eigenvalue weighted by molar-refractivity contribution is 0.651. The standard InChI is InChI=1S/C14H15ClN2OS2/c1-14(2,3)20(18)17-9-12-8-16-13(19-12)10-4-6-11(15)7-5-10/h4-9H,1-3H3/t20-/m1/s1. The van der Waals surface area contributed by atoms with Crippen LogP contribution in [0.2, 0.25) is 5.02 Å². The van der Waals surface area contributed by atoms with Gasteiger partial charge >= 0.3 is 0 Å². The SMILES string of the molecule is CC(C)(C)[S@@](=O)N=Cc1cnc(-c2ccc(Cl)cc2)s1. The van der Waals surface area contributed by atoms with Gasteiger partial charge in [0.1, 0.15) is 16.0 Å². The van der Waals surface area contributed by atoms with E-state index in [2.05, 4.69) is 9.38 Å². The molecule has 3 nitrogen and oxygen atoms in total. The lowest BCUT2D eigenvalue weighted by Gasteiger charge is -2.12. The van der Waals surface area contributed by atoms with Crippen LogP contribution in [-0.2, 0) is 11.0 Å². The molecule has 0 N–H and O–H groups in total. The smallest absolute Gasteiger partial charge is 0.144 e. The molecule has 1 aromatic heterocycles. The predicted octanol–water partition coefficient (Wildman–Crippen LogP) is 4.34. The van der Waals surface area contributed by atoms with Crippen LogP contribution in [0.4, 0.5) is 0 Å². The minimum atomic E-state index is -1.25. The van der Waals surface area contributed by atoms with Gasteiger partial charge in [0.05, 0.1) is 15.8 Å². The first-order valence-electron chi connectivity index (χ1n) is 6.04. The highest BCUT2D eigenvalue weighted by atomic mass is 35.5. The summed E-state index contributed by atoms with van der Waals surface area (Å²) in [5.41, 5.74) is 1.01. The maximum absolute atomic E-state index is 11.8. The number of benzene rings is 1. The molecule has 0 bridgehead atoms. The van der Waals surface area contributed by atoms with E-state index in [0.29, 0.717) is 5.02 Å². The molecule has 2 aromatic rings. The van der Waals surface area contributed by atoms with Crippen LogP contribution in [0.3, 0.4) is 0 Å². The highest BCUT2D eigenvalue weighted by Crippen LogP contribution is 2.25. The molecule has 0 spiro atoms. The van der Waals surface area contributed by atoms with Gasteiger partial charge < -0.3 is 0 Å². The van der Waals surface area contributed by atoms with Crippen molar-refractivity contribution in [3.8, 4) is 10.6 Å². The molecule has 6 heteroatoms. The predicted molar refractivity (Wildman–Crippen MR) is 88.0 cm³/mol. The lowest BCUT2D eigenvalue weighted by Crippen LogP contribution is -2.19. The fourth-order valence-corrected chi connectivity index (χ4v) is 2.84. The lowest BCUT2D eigenvalue weighted by atomic mass is 10.2. The van der Waals surface area contributed by atoms with Crippen molar-refractivity contribution in [3.05, 3.63) is 40.4 Å². The van der Waals surface area contributed by atoms with Crippen molar-refractivity contribution in [3.63, 3.8) is 0 Å². The van der Waals surface area contributed by atoms with Crippen molar-refractivity contribution in [2.45, 2.75) is 25.5 Å². The number of hydrogen-bond donors (Lipinski definition) is 0. The Morgan fingerprint density at radius 2 is 1.95 bits per heavy atom. The van der Waals surface area contributed by atoms with Gasteiger partial charge in [-0.05, 0) is 32.9 Å². The molecule has 0 amide bonds. The molecule has 0 saturated heterocycles. The van der Waals surface area contributed by atoms with Gasteiger partial charge in [-0.25, -0.2) is 9.19 Å². The maximum Gasteiger partial charge on any atom is 0.144 e. The Hall–Kier alpha value is -1.04. The Balaban J connectivity index is 2.15. The molecule has 0 unspecified atom stereocenters. The van der Waals surface area contributed by atoms with Crippen LogP contribution >= 0.6 is 22.9 Å². The van der Waals surface area contributed by atoms with Gasteiger partial charge in [-0.15, -0.1) is 11.3 Å². The molecule has 1 aromatic carbocycles. The van der Waals surface area contributed by atoms with Crippen molar-refractivity contribution in [1.29, 1.82) is 0 Å². The molecule has 0 radical (unpaired) electrons. The second kappa shape index (κ2) is 6.16. The van der Waals surface area contributed by atoms with E-state index in [9.17, 15) is 4.21 Å². The van der Waals surface area contributed by atoms with Crippen LogP contribution in [0.5, 0.6) is 0 Å². The second-order valence-electron chi connectivity index (χ2n) is 5.17. The number of thiazole rings is 1. The van der Waals surface area contributed by atoms with E-state index in [4.69, 9.17) is 11.6 Å². The van der Waals surface area contributed by atoms with E-state index < -0.39 is 11.0 Å². The summed E-state index contributed by atoms with van der Waals surface area (Å²) in [5.74, 6) is 0. The quantitative estimate of drug-likeness (QED) is 0.787. The van der Waals surface area contributed by atoms with Gasteiger partial charge in [-0.2, -0.15) is 4.40 Å². The van der Waals surface area contributed by atoms with E-state index in [1.807, 2.05) is 45.0 Å². The molecule has 0 aliphatic heterocycles. The zero-order chi connectivity index (χ0) is 14.8. The molecule has 1 heterocycles.